The lowest BCUT2D eigenvalue weighted by Crippen LogP contribution is -2.16. The van der Waals surface area contributed by atoms with Crippen molar-refractivity contribution in [1.82, 2.24) is 4.57 Å². The molecule has 0 saturated carbocycles. The largest absolute Gasteiger partial charge is 0.494 e. The minimum absolute atomic E-state index is 0.0968. The van der Waals surface area contributed by atoms with Crippen LogP contribution >= 0.6 is 22.9 Å². The van der Waals surface area contributed by atoms with E-state index in [0.29, 0.717) is 23.0 Å². The van der Waals surface area contributed by atoms with E-state index in [9.17, 15) is 8.42 Å². The smallest absolute Gasteiger partial charge is 0.285 e. The third kappa shape index (κ3) is 3.85. The van der Waals surface area contributed by atoms with Crippen LogP contribution in [0.5, 0.6) is 5.75 Å². The molecule has 0 amide bonds. The first-order valence-corrected chi connectivity index (χ1v) is 10.5. The number of sulfonamides is 1. The van der Waals surface area contributed by atoms with Gasteiger partial charge in [-0.15, -0.1) is 11.0 Å². The molecule has 136 valence electrons. The second-order valence-electron chi connectivity index (χ2n) is 5.37. The van der Waals surface area contributed by atoms with Gasteiger partial charge in [0.1, 0.15) is 5.75 Å². The Bertz CT molecular complexity index is 1110. The first kappa shape index (κ1) is 18.7. The quantitative estimate of drug-likeness (QED) is 0.573. The van der Waals surface area contributed by atoms with Gasteiger partial charge < -0.3 is 9.30 Å². The van der Waals surface area contributed by atoms with E-state index >= 15 is 0 Å². The average molecular weight is 409 g/mol. The molecule has 0 spiro atoms. The fraction of sp³-hybridized carbons (Fsp3) is 0.167. The SMILES string of the molecule is C=CCn1/c(=N/S(=O)(=O)c2ccc(Cl)cc2)sc2cc(OCC)ccc21. The molecular weight excluding hydrogens is 392 g/mol. The lowest BCUT2D eigenvalue weighted by atomic mass is 10.3. The van der Waals surface area contributed by atoms with Crippen LogP contribution in [-0.4, -0.2) is 19.6 Å². The van der Waals surface area contributed by atoms with Crippen LogP contribution in [0.3, 0.4) is 0 Å². The molecule has 8 heteroatoms. The molecule has 0 fully saturated rings. The van der Waals surface area contributed by atoms with Crippen molar-refractivity contribution in [3.8, 4) is 5.75 Å². The summed E-state index contributed by atoms with van der Waals surface area (Å²) >= 11 is 7.12. The topological polar surface area (TPSA) is 60.7 Å². The van der Waals surface area contributed by atoms with Gasteiger partial charge in [0.25, 0.3) is 10.0 Å². The van der Waals surface area contributed by atoms with E-state index in [1.165, 1.54) is 35.6 Å². The summed E-state index contributed by atoms with van der Waals surface area (Å²) in [5.74, 6) is 0.735. The number of thiazole rings is 1. The van der Waals surface area contributed by atoms with Crippen molar-refractivity contribution in [2.45, 2.75) is 18.4 Å². The molecule has 3 aromatic rings. The normalized spacial score (nSPS) is 12.5. The van der Waals surface area contributed by atoms with Gasteiger partial charge in [-0.1, -0.05) is 29.0 Å². The number of aromatic nitrogens is 1. The van der Waals surface area contributed by atoms with E-state index in [2.05, 4.69) is 11.0 Å². The predicted molar refractivity (Wildman–Crippen MR) is 105 cm³/mol. The second-order valence-corrected chi connectivity index (χ2v) is 8.42. The number of rotatable bonds is 6. The molecule has 0 bridgehead atoms. The summed E-state index contributed by atoms with van der Waals surface area (Å²) in [6.45, 7) is 6.67. The molecule has 0 saturated heterocycles. The van der Waals surface area contributed by atoms with Gasteiger partial charge in [-0.05, 0) is 49.4 Å². The van der Waals surface area contributed by atoms with Crippen LogP contribution in [0.1, 0.15) is 6.92 Å². The molecule has 0 N–H and O–H groups in total. The van der Waals surface area contributed by atoms with E-state index < -0.39 is 10.0 Å². The van der Waals surface area contributed by atoms with Crippen molar-refractivity contribution in [2.24, 2.45) is 4.40 Å². The number of benzene rings is 2. The van der Waals surface area contributed by atoms with Crippen LogP contribution < -0.4 is 9.54 Å². The highest BCUT2D eigenvalue weighted by molar-refractivity contribution is 7.90. The van der Waals surface area contributed by atoms with Crippen LogP contribution in [0.15, 0.2) is 64.4 Å². The number of allylic oxidation sites excluding steroid dienone is 1. The summed E-state index contributed by atoms with van der Waals surface area (Å²) in [5, 5.41) is 0.469. The van der Waals surface area contributed by atoms with Crippen LogP contribution in [0.4, 0.5) is 0 Å². The fourth-order valence-corrected chi connectivity index (χ4v) is 4.84. The standard InChI is InChI=1S/C18H17ClN2O3S2/c1-3-11-21-16-10-7-14(24-4-2)12-17(16)25-18(21)20-26(22,23)15-8-5-13(19)6-9-15/h3,5-10,12H,1,4,11H2,2H3/b20-18-. The summed E-state index contributed by atoms with van der Waals surface area (Å²) in [4.78, 5) is 0.475. The summed E-state index contributed by atoms with van der Waals surface area (Å²) in [7, 11) is -3.85. The van der Waals surface area contributed by atoms with Crippen molar-refractivity contribution in [2.75, 3.05) is 6.61 Å². The fourth-order valence-electron chi connectivity index (χ4n) is 2.45. The zero-order chi connectivity index (χ0) is 18.7. The molecule has 5 nitrogen and oxygen atoms in total. The first-order valence-electron chi connectivity index (χ1n) is 7.88. The highest BCUT2D eigenvalue weighted by Crippen LogP contribution is 2.24. The van der Waals surface area contributed by atoms with Crippen LogP contribution in [0.2, 0.25) is 5.02 Å². The van der Waals surface area contributed by atoms with E-state index in [0.717, 1.165) is 16.0 Å². The lowest BCUT2D eigenvalue weighted by Gasteiger charge is -2.04. The van der Waals surface area contributed by atoms with E-state index in [-0.39, 0.29) is 4.90 Å². The molecule has 1 heterocycles. The molecule has 0 radical (unpaired) electrons. The molecule has 0 aliphatic heterocycles. The highest BCUT2D eigenvalue weighted by atomic mass is 35.5. The number of hydrogen-bond acceptors (Lipinski definition) is 4. The summed E-state index contributed by atoms with van der Waals surface area (Å²) in [5.41, 5.74) is 0.878. The molecule has 2 aromatic carbocycles. The van der Waals surface area contributed by atoms with Gasteiger partial charge in [0.15, 0.2) is 0 Å². The summed E-state index contributed by atoms with van der Waals surface area (Å²) in [6.07, 6.45) is 1.70. The zero-order valence-electron chi connectivity index (χ0n) is 14.1. The maximum absolute atomic E-state index is 12.6. The average Bonchev–Trinajstić information content (AvgIpc) is 2.92. The maximum Gasteiger partial charge on any atom is 0.285 e. The van der Waals surface area contributed by atoms with E-state index in [1.54, 1.807) is 6.08 Å². The third-order valence-electron chi connectivity index (χ3n) is 3.59. The Morgan fingerprint density at radius 1 is 1.27 bits per heavy atom. The van der Waals surface area contributed by atoms with E-state index in [4.69, 9.17) is 16.3 Å². The van der Waals surface area contributed by atoms with Crippen molar-refractivity contribution < 1.29 is 13.2 Å². The third-order valence-corrected chi connectivity index (χ3v) is 6.28. The Kier molecular flexibility index (Phi) is 5.50. The number of nitrogens with zero attached hydrogens (tertiary/aromatic N) is 2. The van der Waals surface area contributed by atoms with Crippen molar-refractivity contribution in [3.05, 3.63) is 64.9 Å². The summed E-state index contributed by atoms with van der Waals surface area (Å²) in [6, 6.07) is 11.6. The van der Waals surface area contributed by atoms with Crippen molar-refractivity contribution >= 4 is 43.2 Å². The molecule has 3 rings (SSSR count). The molecule has 0 atom stereocenters. The molecule has 26 heavy (non-hydrogen) atoms. The monoisotopic (exact) mass is 408 g/mol. The van der Waals surface area contributed by atoms with Gasteiger partial charge in [0.05, 0.1) is 21.7 Å². The van der Waals surface area contributed by atoms with Crippen molar-refractivity contribution in [1.29, 1.82) is 0 Å². The minimum atomic E-state index is -3.85. The summed E-state index contributed by atoms with van der Waals surface area (Å²) < 4.78 is 37.6. The van der Waals surface area contributed by atoms with Gasteiger partial charge in [0.2, 0.25) is 4.80 Å². The number of fused-ring (bicyclic) bond motifs is 1. The van der Waals surface area contributed by atoms with Gasteiger partial charge in [0, 0.05) is 11.6 Å². The number of halogens is 1. The lowest BCUT2D eigenvalue weighted by molar-refractivity contribution is 0.341. The Morgan fingerprint density at radius 3 is 2.65 bits per heavy atom. The molecule has 0 aliphatic carbocycles. The van der Waals surface area contributed by atoms with Gasteiger partial charge >= 0.3 is 0 Å². The second kappa shape index (κ2) is 7.65. The maximum atomic E-state index is 12.6. The molecular formula is C18H17ClN2O3S2. The predicted octanol–water partition coefficient (Wildman–Crippen LogP) is 4.23. The number of hydrogen-bond donors (Lipinski definition) is 0. The van der Waals surface area contributed by atoms with Crippen molar-refractivity contribution in [3.63, 3.8) is 0 Å². The zero-order valence-corrected chi connectivity index (χ0v) is 16.4. The minimum Gasteiger partial charge on any atom is -0.494 e. The Balaban J connectivity index is 2.18. The number of ether oxygens (including phenoxy) is 1. The van der Waals surface area contributed by atoms with Gasteiger partial charge in [-0.25, -0.2) is 0 Å². The van der Waals surface area contributed by atoms with Crippen LogP contribution in [0, 0.1) is 0 Å². The van der Waals surface area contributed by atoms with Gasteiger partial charge in [-0.3, -0.25) is 0 Å². The highest BCUT2D eigenvalue weighted by Gasteiger charge is 2.15. The Morgan fingerprint density at radius 2 is 2.00 bits per heavy atom. The first-order chi connectivity index (χ1) is 12.4. The van der Waals surface area contributed by atoms with E-state index in [1.807, 2.05) is 29.7 Å². The molecule has 0 unspecified atom stereocenters. The van der Waals surface area contributed by atoms with Crippen LogP contribution in [-0.2, 0) is 16.6 Å². The Labute approximate surface area is 160 Å². The molecule has 1 aromatic heterocycles. The Hall–Kier alpha value is -2.09. The van der Waals surface area contributed by atoms with Gasteiger partial charge in [-0.2, -0.15) is 8.42 Å². The molecule has 0 aliphatic rings. The van der Waals surface area contributed by atoms with Crippen LogP contribution in [0.25, 0.3) is 10.2 Å².